The molecule has 0 spiro atoms. The zero-order valence-electron chi connectivity index (χ0n) is 11.5. The van der Waals surface area contributed by atoms with Crippen molar-refractivity contribution in [3.05, 3.63) is 11.8 Å². The number of hydrogen-bond donors (Lipinski definition) is 0. The first-order valence-corrected chi connectivity index (χ1v) is 7.16. The monoisotopic (exact) mass is 323 g/mol. The summed E-state index contributed by atoms with van der Waals surface area (Å²) in [6.07, 6.45) is -1.30. The molecule has 0 atom stereocenters. The maximum Gasteiger partial charge on any atom is 0.411 e. The van der Waals surface area contributed by atoms with Gasteiger partial charge in [0.15, 0.2) is 0 Å². The van der Waals surface area contributed by atoms with Gasteiger partial charge in [-0.3, -0.25) is 0 Å². The highest BCUT2D eigenvalue weighted by Gasteiger charge is 2.27. The van der Waals surface area contributed by atoms with Crippen LogP contribution >= 0.6 is 11.7 Å². The van der Waals surface area contributed by atoms with Gasteiger partial charge in [-0.15, -0.1) is 4.37 Å². The number of nitrogens with zero attached hydrogens (tertiary/aromatic N) is 3. The zero-order valence-corrected chi connectivity index (χ0v) is 12.3. The van der Waals surface area contributed by atoms with Crippen molar-refractivity contribution in [2.45, 2.75) is 12.6 Å². The summed E-state index contributed by atoms with van der Waals surface area (Å²) < 4.78 is 53.8. The predicted molar refractivity (Wildman–Crippen MR) is 72.4 cm³/mol. The van der Waals surface area contributed by atoms with E-state index in [1.54, 1.807) is 0 Å². The summed E-state index contributed by atoms with van der Waals surface area (Å²) in [6, 6.07) is 0. The van der Waals surface area contributed by atoms with Crippen LogP contribution in [-0.4, -0.2) is 59.8 Å². The fraction of sp³-hybridized carbons (Fsp3) is 0.667. The maximum absolute atomic E-state index is 11.9. The number of ether oxygens (including phenoxy) is 2. The number of halogens is 3. The molecule has 0 N–H and O–H groups in total. The standard InChI is InChI=1S/C12H16F3N3O2S/c1-18-4-2-3-9(7-18)10-11(17-21-16-10)20-6-5-19-8-12(13,14)15/h3H,2,4-8H2,1H3. The highest BCUT2D eigenvalue weighted by atomic mass is 32.1. The predicted octanol–water partition coefficient (Wildman–Crippen LogP) is 2.21. The van der Waals surface area contributed by atoms with E-state index in [4.69, 9.17) is 4.74 Å². The van der Waals surface area contributed by atoms with Crippen LogP contribution in [-0.2, 0) is 4.74 Å². The van der Waals surface area contributed by atoms with E-state index in [1.807, 2.05) is 7.05 Å². The van der Waals surface area contributed by atoms with Crippen molar-refractivity contribution in [1.29, 1.82) is 0 Å². The van der Waals surface area contributed by atoms with Gasteiger partial charge in [0.25, 0.3) is 5.88 Å². The van der Waals surface area contributed by atoms with Crippen LogP contribution in [0.25, 0.3) is 5.57 Å². The lowest BCUT2D eigenvalue weighted by Crippen LogP contribution is -2.25. The van der Waals surface area contributed by atoms with Gasteiger partial charge >= 0.3 is 6.18 Å². The zero-order chi connectivity index (χ0) is 15.3. The molecule has 0 fully saturated rings. The van der Waals surface area contributed by atoms with Crippen molar-refractivity contribution in [2.24, 2.45) is 0 Å². The lowest BCUT2D eigenvalue weighted by molar-refractivity contribution is -0.175. The van der Waals surface area contributed by atoms with Crippen LogP contribution in [0.1, 0.15) is 12.1 Å². The van der Waals surface area contributed by atoms with Gasteiger partial charge in [0.05, 0.1) is 18.3 Å². The Morgan fingerprint density at radius 3 is 2.86 bits per heavy atom. The molecule has 2 heterocycles. The van der Waals surface area contributed by atoms with E-state index in [1.165, 1.54) is 0 Å². The summed E-state index contributed by atoms with van der Waals surface area (Å²) in [6.45, 7) is 0.344. The average molecular weight is 323 g/mol. The maximum atomic E-state index is 11.9. The van der Waals surface area contributed by atoms with Gasteiger partial charge in [-0.25, -0.2) is 0 Å². The van der Waals surface area contributed by atoms with Crippen LogP contribution in [0.3, 0.4) is 0 Å². The molecule has 0 saturated carbocycles. The van der Waals surface area contributed by atoms with Gasteiger partial charge in [-0.05, 0) is 19.0 Å². The molecule has 0 radical (unpaired) electrons. The number of hydrogen-bond acceptors (Lipinski definition) is 6. The molecule has 1 aliphatic heterocycles. The summed E-state index contributed by atoms with van der Waals surface area (Å²) in [7, 11) is 2.01. The molecular formula is C12H16F3N3O2S. The first-order chi connectivity index (χ1) is 9.96. The lowest BCUT2D eigenvalue weighted by Gasteiger charge is -2.22. The number of likely N-dealkylation sites (N-methyl/N-ethyl adjacent to an activating group) is 1. The van der Waals surface area contributed by atoms with E-state index < -0.39 is 12.8 Å². The molecule has 5 nitrogen and oxygen atoms in total. The van der Waals surface area contributed by atoms with Crippen molar-refractivity contribution >= 4 is 17.3 Å². The van der Waals surface area contributed by atoms with Crippen molar-refractivity contribution in [3.63, 3.8) is 0 Å². The molecule has 21 heavy (non-hydrogen) atoms. The van der Waals surface area contributed by atoms with Gasteiger partial charge in [-0.2, -0.15) is 17.5 Å². The molecule has 0 aromatic carbocycles. The average Bonchev–Trinajstić information content (AvgIpc) is 2.85. The second kappa shape index (κ2) is 7.19. The Kier molecular flexibility index (Phi) is 5.54. The number of rotatable bonds is 6. The number of alkyl halides is 3. The van der Waals surface area contributed by atoms with E-state index in [0.29, 0.717) is 11.6 Å². The van der Waals surface area contributed by atoms with E-state index in [2.05, 4.69) is 24.5 Å². The topological polar surface area (TPSA) is 47.5 Å². The van der Waals surface area contributed by atoms with Gasteiger partial charge in [0.1, 0.15) is 18.9 Å². The Bertz CT molecular complexity index is 490. The minimum Gasteiger partial charge on any atom is -0.473 e. The Hall–Kier alpha value is -1.19. The third kappa shape index (κ3) is 5.25. The molecule has 1 aromatic rings. The minimum absolute atomic E-state index is 0.0115. The molecule has 0 amide bonds. The van der Waals surface area contributed by atoms with Crippen molar-refractivity contribution in [1.82, 2.24) is 13.6 Å². The minimum atomic E-state index is -4.31. The van der Waals surface area contributed by atoms with Crippen LogP contribution in [0.2, 0.25) is 0 Å². The molecule has 0 aliphatic carbocycles. The second-order valence-electron chi connectivity index (χ2n) is 4.69. The Balaban J connectivity index is 1.82. The highest BCUT2D eigenvalue weighted by molar-refractivity contribution is 6.99. The van der Waals surface area contributed by atoms with Crippen LogP contribution in [0.4, 0.5) is 13.2 Å². The molecular weight excluding hydrogens is 307 g/mol. The van der Waals surface area contributed by atoms with Crippen LogP contribution in [0, 0.1) is 0 Å². The molecule has 0 bridgehead atoms. The SMILES string of the molecule is CN1CCC=C(c2nsnc2OCCOCC(F)(F)F)C1. The van der Waals surface area contributed by atoms with Gasteiger partial charge in [0, 0.05) is 13.1 Å². The van der Waals surface area contributed by atoms with Crippen molar-refractivity contribution < 1.29 is 22.6 Å². The first kappa shape index (κ1) is 16.2. The summed E-state index contributed by atoms with van der Waals surface area (Å²) in [4.78, 5) is 2.16. The van der Waals surface area contributed by atoms with E-state index in [0.717, 1.165) is 36.8 Å². The van der Waals surface area contributed by atoms with Crippen molar-refractivity contribution in [3.8, 4) is 5.88 Å². The Labute approximate surface area is 124 Å². The molecule has 0 saturated heterocycles. The summed E-state index contributed by atoms with van der Waals surface area (Å²) in [5, 5.41) is 0. The molecule has 118 valence electrons. The Morgan fingerprint density at radius 1 is 1.33 bits per heavy atom. The fourth-order valence-electron chi connectivity index (χ4n) is 1.92. The smallest absolute Gasteiger partial charge is 0.411 e. The lowest BCUT2D eigenvalue weighted by atomic mass is 10.1. The van der Waals surface area contributed by atoms with Gasteiger partial charge in [0.2, 0.25) is 0 Å². The molecule has 2 rings (SSSR count). The van der Waals surface area contributed by atoms with E-state index in [-0.39, 0.29) is 13.2 Å². The first-order valence-electron chi connectivity index (χ1n) is 6.43. The van der Waals surface area contributed by atoms with Gasteiger partial charge in [-0.1, -0.05) is 6.08 Å². The van der Waals surface area contributed by atoms with E-state index in [9.17, 15) is 13.2 Å². The third-order valence-corrected chi connectivity index (χ3v) is 3.35. The third-order valence-electron chi connectivity index (χ3n) is 2.84. The van der Waals surface area contributed by atoms with Crippen LogP contribution in [0.5, 0.6) is 5.88 Å². The van der Waals surface area contributed by atoms with Crippen molar-refractivity contribution in [2.75, 3.05) is 40.0 Å². The second-order valence-corrected chi connectivity index (χ2v) is 5.22. The van der Waals surface area contributed by atoms with Crippen LogP contribution < -0.4 is 4.74 Å². The molecule has 0 unspecified atom stereocenters. The summed E-state index contributed by atoms with van der Waals surface area (Å²) >= 11 is 1.02. The van der Waals surface area contributed by atoms with E-state index >= 15 is 0 Å². The highest BCUT2D eigenvalue weighted by Crippen LogP contribution is 2.26. The Morgan fingerprint density at radius 2 is 2.14 bits per heavy atom. The normalized spacial score (nSPS) is 16.9. The van der Waals surface area contributed by atoms with Crippen LogP contribution in [0.15, 0.2) is 6.08 Å². The summed E-state index contributed by atoms with van der Waals surface area (Å²) in [5.74, 6) is 0.358. The molecule has 1 aliphatic rings. The number of aromatic nitrogens is 2. The summed E-state index contributed by atoms with van der Waals surface area (Å²) in [5.41, 5.74) is 1.70. The fourth-order valence-corrected chi connectivity index (χ4v) is 2.45. The largest absolute Gasteiger partial charge is 0.473 e. The van der Waals surface area contributed by atoms with Gasteiger partial charge < -0.3 is 14.4 Å². The molecule has 9 heteroatoms. The quantitative estimate of drug-likeness (QED) is 0.751. The molecule has 1 aromatic heterocycles.